The molecule has 6 nitrogen and oxygen atoms in total. The fraction of sp³-hybridized carbons (Fsp3) is 0.931. The number of carbonyl (C=O) groups is 2. The summed E-state index contributed by atoms with van der Waals surface area (Å²) in [7, 11) is 0. The first-order valence-electron chi connectivity index (χ1n) is 29.0. The maximum atomic E-state index is 12.5. The minimum Gasteiger partial charge on any atom is -0.466 e. The van der Waals surface area contributed by atoms with Crippen LogP contribution in [0, 0.1) is 0 Å². The molecule has 2 atom stereocenters. The molecule has 0 radical (unpaired) electrons. The second-order valence-electron chi connectivity index (χ2n) is 20.0. The van der Waals surface area contributed by atoms with Crippen molar-refractivity contribution in [1.82, 2.24) is 5.32 Å². The maximum absolute atomic E-state index is 12.5. The van der Waals surface area contributed by atoms with Gasteiger partial charge in [-0.15, -0.1) is 0 Å². The fourth-order valence-corrected chi connectivity index (χ4v) is 9.11. The third-order valence-electron chi connectivity index (χ3n) is 13.6. The molecule has 0 aliphatic rings. The maximum Gasteiger partial charge on any atom is 0.305 e. The standard InChI is InChI=1S/C58H113NO5/c1-3-5-7-9-11-13-15-17-19-21-22-23-24-25-26-28-30-34-38-42-46-50-56(61)55(54-60)59-57(62)51-47-43-39-35-32-33-37-41-45-49-53-64-58(63)52-48-44-40-36-31-29-27-20-18-16-14-12-10-8-6-4-2/h46,50,55-56,60-61H,3-45,47-49,51-54H2,1-2H3,(H,59,62)/b50-46+. The zero-order valence-electron chi connectivity index (χ0n) is 43.3. The minimum atomic E-state index is -0.859. The van der Waals surface area contributed by atoms with E-state index in [0.29, 0.717) is 19.4 Å². The van der Waals surface area contributed by atoms with Crippen molar-refractivity contribution in [2.24, 2.45) is 0 Å². The monoisotopic (exact) mass is 904 g/mol. The molecule has 2 unspecified atom stereocenters. The van der Waals surface area contributed by atoms with Gasteiger partial charge in [-0.05, 0) is 32.1 Å². The van der Waals surface area contributed by atoms with Crippen LogP contribution in [0.25, 0.3) is 0 Å². The number of carbonyl (C=O) groups excluding carboxylic acids is 2. The number of hydrogen-bond donors (Lipinski definition) is 3. The molecule has 380 valence electrons. The lowest BCUT2D eigenvalue weighted by atomic mass is 10.0. The van der Waals surface area contributed by atoms with Gasteiger partial charge in [0, 0.05) is 12.8 Å². The van der Waals surface area contributed by atoms with Gasteiger partial charge in [-0.25, -0.2) is 0 Å². The summed E-state index contributed by atoms with van der Waals surface area (Å²) in [6, 6.07) is -0.644. The number of amides is 1. The van der Waals surface area contributed by atoms with E-state index in [1.807, 2.05) is 6.08 Å². The summed E-state index contributed by atoms with van der Waals surface area (Å²) in [5, 5.41) is 23.2. The van der Waals surface area contributed by atoms with Crippen LogP contribution in [0.5, 0.6) is 0 Å². The molecule has 0 aliphatic heterocycles. The van der Waals surface area contributed by atoms with Crippen LogP contribution in [-0.4, -0.2) is 47.4 Å². The Labute approximate surface area is 399 Å². The van der Waals surface area contributed by atoms with Crippen LogP contribution < -0.4 is 5.32 Å². The molecule has 0 aromatic rings. The van der Waals surface area contributed by atoms with Gasteiger partial charge in [-0.1, -0.05) is 289 Å². The molecule has 0 heterocycles. The van der Waals surface area contributed by atoms with Crippen LogP contribution in [0.2, 0.25) is 0 Å². The van der Waals surface area contributed by atoms with E-state index >= 15 is 0 Å². The molecule has 3 N–H and O–H groups in total. The zero-order chi connectivity index (χ0) is 46.5. The number of rotatable bonds is 54. The van der Waals surface area contributed by atoms with E-state index in [-0.39, 0.29) is 18.5 Å². The highest BCUT2D eigenvalue weighted by atomic mass is 16.5. The van der Waals surface area contributed by atoms with Crippen molar-refractivity contribution in [2.75, 3.05) is 13.2 Å². The summed E-state index contributed by atoms with van der Waals surface area (Å²) in [5.74, 6) is -0.103. The Morgan fingerprint density at radius 3 is 1.06 bits per heavy atom. The lowest BCUT2D eigenvalue weighted by Gasteiger charge is -2.20. The molecule has 0 saturated carbocycles. The predicted molar refractivity (Wildman–Crippen MR) is 278 cm³/mol. The van der Waals surface area contributed by atoms with Gasteiger partial charge in [0.25, 0.3) is 0 Å². The van der Waals surface area contributed by atoms with Crippen LogP contribution in [-0.2, 0) is 14.3 Å². The number of aliphatic hydroxyl groups is 2. The Hall–Kier alpha value is -1.40. The van der Waals surface area contributed by atoms with Crippen LogP contribution in [0.4, 0.5) is 0 Å². The van der Waals surface area contributed by atoms with Crippen molar-refractivity contribution in [3.05, 3.63) is 12.2 Å². The van der Waals surface area contributed by atoms with Gasteiger partial charge in [-0.3, -0.25) is 9.59 Å². The Balaban J connectivity index is 3.49. The number of allylic oxidation sites excluding steroid dienone is 1. The number of nitrogens with one attached hydrogen (secondary N) is 1. The third-order valence-corrected chi connectivity index (χ3v) is 13.6. The van der Waals surface area contributed by atoms with Gasteiger partial charge in [0.1, 0.15) is 0 Å². The van der Waals surface area contributed by atoms with Crippen LogP contribution in [0.15, 0.2) is 12.2 Å². The second kappa shape index (κ2) is 54.2. The van der Waals surface area contributed by atoms with Gasteiger partial charge >= 0.3 is 5.97 Å². The van der Waals surface area contributed by atoms with Crippen molar-refractivity contribution >= 4 is 11.9 Å². The van der Waals surface area contributed by atoms with E-state index in [9.17, 15) is 19.8 Å². The number of esters is 1. The van der Waals surface area contributed by atoms with Crippen molar-refractivity contribution in [3.8, 4) is 0 Å². The van der Waals surface area contributed by atoms with Crippen LogP contribution in [0.1, 0.15) is 322 Å². The van der Waals surface area contributed by atoms with E-state index < -0.39 is 12.1 Å². The van der Waals surface area contributed by atoms with Crippen LogP contribution in [0.3, 0.4) is 0 Å². The largest absolute Gasteiger partial charge is 0.466 e. The summed E-state index contributed by atoms with van der Waals surface area (Å²) >= 11 is 0. The molecular weight excluding hydrogens is 791 g/mol. The molecule has 0 rings (SSSR count). The van der Waals surface area contributed by atoms with E-state index in [2.05, 4.69) is 19.2 Å². The molecule has 0 fully saturated rings. The molecule has 0 aromatic carbocycles. The average molecular weight is 905 g/mol. The highest BCUT2D eigenvalue weighted by Gasteiger charge is 2.18. The summed E-state index contributed by atoms with van der Waals surface area (Å²) in [4.78, 5) is 24.5. The van der Waals surface area contributed by atoms with Gasteiger partial charge < -0.3 is 20.3 Å². The van der Waals surface area contributed by atoms with Crippen molar-refractivity contribution in [1.29, 1.82) is 0 Å². The number of aliphatic hydroxyl groups excluding tert-OH is 2. The van der Waals surface area contributed by atoms with Gasteiger partial charge in [-0.2, -0.15) is 0 Å². The lowest BCUT2D eigenvalue weighted by molar-refractivity contribution is -0.143. The lowest BCUT2D eigenvalue weighted by Crippen LogP contribution is -2.45. The summed E-state index contributed by atoms with van der Waals surface area (Å²) in [6.45, 7) is 4.88. The summed E-state index contributed by atoms with van der Waals surface area (Å²) in [6.07, 6.45) is 63.7. The molecule has 0 spiro atoms. The normalized spacial score (nSPS) is 12.6. The number of ether oxygens (including phenoxy) is 1. The zero-order valence-corrected chi connectivity index (χ0v) is 43.3. The van der Waals surface area contributed by atoms with Gasteiger partial charge in [0.15, 0.2) is 0 Å². The minimum absolute atomic E-state index is 0.0164. The summed E-state index contributed by atoms with van der Waals surface area (Å²) in [5.41, 5.74) is 0. The smallest absolute Gasteiger partial charge is 0.305 e. The van der Waals surface area contributed by atoms with Crippen molar-refractivity contribution in [2.45, 2.75) is 334 Å². The molecular formula is C58H113NO5. The SMILES string of the molecule is CCCCCCCCCCCCCCCCCCCCC/C=C/C(O)C(CO)NC(=O)CCCCCCCCCCCCOC(=O)CCCCCCCCCCCCCCCCCC. The highest BCUT2D eigenvalue weighted by Crippen LogP contribution is 2.17. The second-order valence-corrected chi connectivity index (χ2v) is 20.0. The average Bonchev–Trinajstić information content (AvgIpc) is 3.29. The third kappa shape index (κ3) is 50.0. The molecule has 0 saturated heterocycles. The Bertz CT molecular complexity index is 955. The van der Waals surface area contributed by atoms with E-state index in [1.165, 1.54) is 238 Å². The molecule has 0 bridgehead atoms. The Kier molecular flexibility index (Phi) is 53.0. The molecule has 64 heavy (non-hydrogen) atoms. The first kappa shape index (κ1) is 62.6. The first-order chi connectivity index (χ1) is 31.5. The van der Waals surface area contributed by atoms with Gasteiger partial charge in [0.05, 0.1) is 25.4 Å². The van der Waals surface area contributed by atoms with Crippen molar-refractivity contribution in [3.63, 3.8) is 0 Å². The van der Waals surface area contributed by atoms with Crippen molar-refractivity contribution < 1.29 is 24.5 Å². The first-order valence-corrected chi connectivity index (χ1v) is 29.0. The molecule has 0 aliphatic carbocycles. The van der Waals surface area contributed by atoms with Crippen LogP contribution >= 0.6 is 0 Å². The molecule has 1 amide bonds. The topological polar surface area (TPSA) is 95.9 Å². The van der Waals surface area contributed by atoms with Gasteiger partial charge in [0.2, 0.25) is 5.91 Å². The number of unbranched alkanes of at least 4 members (excludes halogenated alkanes) is 43. The molecule has 0 aromatic heterocycles. The van der Waals surface area contributed by atoms with E-state index in [0.717, 1.165) is 57.8 Å². The molecule has 6 heteroatoms. The van der Waals surface area contributed by atoms with E-state index in [1.54, 1.807) is 6.08 Å². The summed E-state index contributed by atoms with van der Waals surface area (Å²) < 4.78 is 5.47. The highest BCUT2D eigenvalue weighted by molar-refractivity contribution is 5.76. The Morgan fingerprint density at radius 1 is 0.422 bits per heavy atom. The fourth-order valence-electron chi connectivity index (χ4n) is 9.11. The van der Waals surface area contributed by atoms with E-state index in [4.69, 9.17) is 4.74 Å². The Morgan fingerprint density at radius 2 is 0.719 bits per heavy atom. The number of hydrogen-bond acceptors (Lipinski definition) is 5. The predicted octanol–water partition coefficient (Wildman–Crippen LogP) is 17.7. The quantitative estimate of drug-likeness (QED) is 0.0321.